The van der Waals surface area contributed by atoms with Gasteiger partial charge in [0, 0.05) is 9.46 Å². The van der Waals surface area contributed by atoms with E-state index >= 15 is 0 Å². The normalized spacial score (nSPS) is 28.0. The topological polar surface area (TPSA) is 9.23 Å². The molecule has 0 aromatic rings. The molecule has 1 saturated heterocycles. The van der Waals surface area contributed by atoms with Gasteiger partial charge in [-0.1, -0.05) is 6.42 Å². The highest BCUT2D eigenvalue weighted by atomic mass is 28.2. The van der Waals surface area contributed by atoms with Gasteiger partial charge < -0.3 is 4.43 Å². The van der Waals surface area contributed by atoms with E-state index in [4.69, 9.17) is 4.43 Å². The maximum absolute atomic E-state index is 5.21. The average molecular weight is 106 g/mol. The fourth-order valence-corrected chi connectivity index (χ4v) is 1.86. The van der Waals surface area contributed by atoms with E-state index in [9.17, 15) is 0 Å². The monoisotopic (exact) mass is 106 g/mol. The Kier molecular flexibility index (Phi) is 1.71. The lowest BCUT2D eigenvalue weighted by atomic mass is 10.4. The first-order chi connectivity index (χ1) is 3.00. The summed E-state index contributed by atoms with van der Waals surface area (Å²) in [6, 6.07) is 1.42. The van der Waals surface area contributed by atoms with Crippen molar-refractivity contribution in [2.45, 2.75) is 18.9 Å². The summed E-state index contributed by atoms with van der Waals surface area (Å²) in [7, 11) is 0.00849. The molecule has 1 aliphatic heterocycles. The fraction of sp³-hybridized carbons (Fsp3) is 1.00. The van der Waals surface area contributed by atoms with Crippen LogP contribution in [0.2, 0.25) is 6.04 Å². The Bertz CT molecular complexity index is 29.5. The van der Waals surface area contributed by atoms with Crippen molar-refractivity contribution in [1.82, 2.24) is 0 Å². The molecule has 40 valence electrons. The van der Waals surface area contributed by atoms with Crippen LogP contribution in [0.3, 0.4) is 0 Å². The summed E-state index contributed by atoms with van der Waals surface area (Å²) in [6.07, 6.45) is 2.75. The quantitative estimate of drug-likeness (QED) is 0.415. The Morgan fingerprint density at radius 2 is 2.50 bits per heavy atom. The molecule has 1 rings (SSSR count). The number of rotatable bonds is 0. The number of hydrogen-bond donors (Lipinski definition) is 0. The molecule has 2 heteroatoms. The second kappa shape index (κ2) is 2.37. The second-order valence-corrected chi connectivity index (χ2v) is 3.20. The minimum absolute atomic E-state index is 0. The summed E-state index contributed by atoms with van der Waals surface area (Å²) >= 11 is 0. The van der Waals surface area contributed by atoms with Crippen LogP contribution < -0.4 is 0 Å². The zero-order chi connectivity index (χ0) is 4.24. The molecular formula is C4H14OSi. The van der Waals surface area contributed by atoms with E-state index in [0.29, 0.717) is 0 Å². The lowest BCUT2D eigenvalue weighted by Crippen LogP contribution is -2.06. The van der Waals surface area contributed by atoms with Gasteiger partial charge in [0.15, 0.2) is 9.76 Å². The Hall–Kier alpha value is 0.177. The Balaban J connectivity index is 0. The maximum Gasteiger partial charge on any atom is 0.161 e. The zero-order valence-electron chi connectivity index (χ0n) is 3.94. The molecule has 1 aliphatic rings. The molecule has 0 unspecified atom stereocenters. The van der Waals surface area contributed by atoms with Crippen molar-refractivity contribution in [2.24, 2.45) is 0 Å². The van der Waals surface area contributed by atoms with Gasteiger partial charge in [-0.05, 0) is 12.5 Å². The van der Waals surface area contributed by atoms with Crippen LogP contribution >= 0.6 is 0 Å². The first-order valence-corrected chi connectivity index (χ1v) is 4.15. The highest BCUT2D eigenvalue weighted by molar-refractivity contribution is 6.27. The molecule has 1 fully saturated rings. The van der Waals surface area contributed by atoms with E-state index in [1.165, 1.54) is 18.9 Å². The molecule has 0 N–H and O–H groups in total. The Morgan fingerprint density at radius 1 is 1.50 bits per heavy atom. The van der Waals surface area contributed by atoms with Gasteiger partial charge in [0.2, 0.25) is 0 Å². The van der Waals surface area contributed by atoms with E-state index in [-0.39, 0.29) is 12.6 Å². The summed E-state index contributed by atoms with van der Waals surface area (Å²) in [5, 5.41) is 0. The van der Waals surface area contributed by atoms with E-state index in [1.54, 1.807) is 0 Å². The molecule has 0 aromatic heterocycles. The molecule has 0 amide bonds. The van der Waals surface area contributed by atoms with Crippen LogP contribution in [0.25, 0.3) is 0 Å². The Morgan fingerprint density at radius 3 is 2.67 bits per heavy atom. The van der Waals surface area contributed by atoms with Gasteiger partial charge in [0.1, 0.15) is 0 Å². The second-order valence-electron chi connectivity index (χ2n) is 1.67. The molecule has 0 radical (unpaired) electrons. The van der Waals surface area contributed by atoms with Gasteiger partial charge in [-0.25, -0.2) is 0 Å². The third-order valence-electron chi connectivity index (χ3n) is 1.08. The summed E-state index contributed by atoms with van der Waals surface area (Å²) in [5.74, 6) is 0. The maximum atomic E-state index is 5.21. The van der Waals surface area contributed by atoms with Crippen molar-refractivity contribution in [3.05, 3.63) is 0 Å². The van der Waals surface area contributed by atoms with Crippen LogP contribution in [0.4, 0.5) is 0 Å². The van der Waals surface area contributed by atoms with Crippen molar-refractivity contribution in [3.8, 4) is 0 Å². The van der Waals surface area contributed by atoms with Gasteiger partial charge in [-0.3, -0.25) is 0 Å². The van der Waals surface area contributed by atoms with Gasteiger partial charge in [0.05, 0.1) is 0 Å². The highest BCUT2D eigenvalue weighted by Gasteiger charge is 1.96. The molecule has 0 bridgehead atoms. The summed E-state index contributed by atoms with van der Waals surface area (Å²) in [4.78, 5) is 0. The predicted octanol–water partition coefficient (Wildman–Crippen LogP) is 0.791. The van der Waals surface area contributed by atoms with Gasteiger partial charge in [-0.15, -0.1) is 0 Å². The van der Waals surface area contributed by atoms with Crippen LogP contribution in [0, 0.1) is 0 Å². The minimum Gasteiger partial charge on any atom is -0.424 e. The highest BCUT2D eigenvalue weighted by Crippen LogP contribution is 2.01. The minimum atomic E-state index is 0. The van der Waals surface area contributed by atoms with Crippen molar-refractivity contribution in [2.75, 3.05) is 6.61 Å². The van der Waals surface area contributed by atoms with Crippen LogP contribution in [0.1, 0.15) is 15.7 Å². The van der Waals surface area contributed by atoms with Crippen LogP contribution in [0.15, 0.2) is 0 Å². The number of hydrogen-bond acceptors (Lipinski definition) is 1. The average Bonchev–Trinajstić information content (AvgIpc) is 1.72. The molecule has 1 nitrogen and oxygen atoms in total. The largest absolute Gasteiger partial charge is 0.424 e. The van der Waals surface area contributed by atoms with E-state index in [2.05, 4.69) is 0 Å². The van der Waals surface area contributed by atoms with Crippen LogP contribution in [-0.4, -0.2) is 16.4 Å². The van der Waals surface area contributed by atoms with E-state index in [0.717, 1.165) is 6.61 Å². The summed E-state index contributed by atoms with van der Waals surface area (Å²) in [5.41, 5.74) is 0. The molecular weight excluding hydrogens is 92.1 g/mol. The summed E-state index contributed by atoms with van der Waals surface area (Å²) < 4.78 is 5.21. The first-order valence-electron chi connectivity index (χ1n) is 2.58. The smallest absolute Gasteiger partial charge is 0.161 e. The van der Waals surface area contributed by atoms with Crippen molar-refractivity contribution in [3.63, 3.8) is 0 Å². The lowest BCUT2D eigenvalue weighted by Gasteiger charge is -2.07. The molecule has 1 heterocycles. The molecule has 0 aliphatic carbocycles. The van der Waals surface area contributed by atoms with Crippen molar-refractivity contribution >= 4 is 9.76 Å². The molecule has 6 heavy (non-hydrogen) atoms. The zero-order valence-corrected chi connectivity index (χ0v) is 5.36. The lowest BCUT2D eigenvalue weighted by molar-refractivity contribution is 0.304. The van der Waals surface area contributed by atoms with Crippen LogP contribution in [-0.2, 0) is 4.43 Å². The van der Waals surface area contributed by atoms with Gasteiger partial charge in [-0.2, -0.15) is 0 Å². The molecule has 0 spiro atoms. The van der Waals surface area contributed by atoms with Gasteiger partial charge in [0.25, 0.3) is 0 Å². The molecule has 0 saturated carbocycles. The third kappa shape index (κ3) is 1.10. The third-order valence-corrected chi connectivity index (χ3v) is 2.44. The van der Waals surface area contributed by atoms with Crippen molar-refractivity contribution < 1.29 is 7.28 Å². The van der Waals surface area contributed by atoms with Crippen LogP contribution in [0.5, 0.6) is 0 Å². The standard InChI is InChI=1S/C4H10OSi.2H2/c1-2-4-6-5-3-1;;/h1-4,6H2;2*1H. The van der Waals surface area contributed by atoms with Crippen molar-refractivity contribution in [1.29, 1.82) is 0 Å². The SMILES string of the molecule is C1CC[SiH2]OC1.[HH].[HH]. The predicted molar refractivity (Wildman–Crippen MR) is 32.8 cm³/mol. The van der Waals surface area contributed by atoms with E-state index < -0.39 is 0 Å². The first kappa shape index (κ1) is 4.34. The molecule has 0 atom stereocenters. The molecule has 0 aromatic carbocycles. The Labute approximate surface area is 43.6 Å². The summed E-state index contributed by atoms with van der Waals surface area (Å²) in [6.45, 7) is 1.06. The van der Waals surface area contributed by atoms with Gasteiger partial charge >= 0.3 is 0 Å². The van der Waals surface area contributed by atoms with E-state index in [1.807, 2.05) is 0 Å². The fourth-order valence-electron chi connectivity index (χ4n) is 0.687.